The monoisotopic (exact) mass is 266 g/mol. The zero-order valence-electron chi connectivity index (χ0n) is 11.5. The number of aryl methyl sites for hydroxylation is 1. The Labute approximate surface area is 114 Å². The first-order chi connectivity index (χ1) is 9.00. The molecule has 0 bridgehead atoms. The first-order valence-electron chi connectivity index (χ1n) is 7.02. The third-order valence-electron chi connectivity index (χ3n) is 3.97. The molecule has 0 heterocycles. The van der Waals surface area contributed by atoms with Crippen LogP contribution in [0, 0.1) is 12.7 Å². The molecule has 4 N–H and O–H groups in total. The van der Waals surface area contributed by atoms with Gasteiger partial charge in [0.1, 0.15) is 5.82 Å². The Kier molecular flexibility index (Phi) is 4.30. The maximum Gasteiger partial charge on any atom is 0.128 e. The number of rotatable bonds is 3. The van der Waals surface area contributed by atoms with Crippen molar-refractivity contribution in [3.8, 4) is 0 Å². The zero-order chi connectivity index (χ0) is 13.9. The minimum absolute atomic E-state index is 0.295. The Bertz CT molecular complexity index is 440. The fraction of sp³-hybridized carbons (Fsp3) is 0.600. The van der Waals surface area contributed by atoms with Gasteiger partial charge < -0.3 is 16.2 Å². The molecule has 4 heteroatoms. The quantitative estimate of drug-likeness (QED) is 0.581. The molecule has 0 unspecified atom stereocenters. The van der Waals surface area contributed by atoms with E-state index in [4.69, 9.17) is 5.73 Å². The number of nitrogens with two attached hydrogens (primary N) is 1. The van der Waals surface area contributed by atoms with Crippen LogP contribution in [0.5, 0.6) is 0 Å². The molecule has 2 rings (SSSR count). The van der Waals surface area contributed by atoms with Crippen molar-refractivity contribution in [3.63, 3.8) is 0 Å². The van der Waals surface area contributed by atoms with Crippen LogP contribution in [0.1, 0.15) is 44.1 Å². The summed E-state index contributed by atoms with van der Waals surface area (Å²) in [6.07, 6.45) is 6.16. The van der Waals surface area contributed by atoms with Crippen molar-refractivity contribution in [2.45, 2.75) is 51.0 Å². The van der Waals surface area contributed by atoms with Gasteiger partial charge in [0.2, 0.25) is 0 Å². The predicted molar refractivity (Wildman–Crippen MR) is 76.7 cm³/mol. The molecule has 0 aromatic heterocycles. The van der Waals surface area contributed by atoms with Gasteiger partial charge in [-0.1, -0.05) is 25.7 Å². The van der Waals surface area contributed by atoms with Crippen LogP contribution in [0.25, 0.3) is 0 Å². The van der Waals surface area contributed by atoms with Crippen molar-refractivity contribution >= 4 is 11.4 Å². The van der Waals surface area contributed by atoms with Gasteiger partial charge in [-0.05, 0) is 37.5 Å². The Hall–Kier alpha value is -1.29. The maximum atomic E-state index is 13.3. The SMILES string of the molecule is Cc1cc(NCC2(O)CCCCCC2)c(N)cc1F. The molecule has 0 spiro atoms. The van der Waals surface area contributed by atoms with Gasteiger partial charge in [-0.15, -0.1) is 0 Å². The third-order valence-corrected chi connectivity index (χ3v) is 3.97. The third kappa shape index (κ3) is 3.60. The summed E-state index contributed by atoms with van der Waals surface area (Å²) < 4.78 is 13.3. The maximum absolute atomic E-state index is 13.3. The van der Waals surface area contributed by atoms with Crippen molar-refractivity contribution in [1.29, 1.82) is 0 Å². The number of halogens is 1. The lowest BCUT2D eigenvalue weighted by molar-refractivity contribution is 0.0381. The highest BCUT2D eigenvalue weighted by molar-refractivity contribution is 5.67. The standard InChI is InChI=1S/C15H23FN2O/c1-11-8-14(13(17)9-12(11)16)18-10-15(19)6-4-2-3-5-7-15/h8-9,18-19H,2-7,10,17H2,1H3. The molecular formula is C15H23FN2O. The molecule has 1 aliphatic rings. The summed E-state index contributed by atoms with van der Waals surface area (Å²) >= 11 is 0. The molecule has 1 aliphatic carbocycles. The smallest absolute Gasteiger partial charge is 0.128 e. The van der Waals surface area contributed by atoms with Gasteiger partial charge in [0, 0.05) is 6.54 Å². The topological polar surface area (TPSA) is 58.3 Å². The summed E-state index contributed by atoms with van der Waals surface area (Å²) in [7, 11) is 0. The molecule has 106 valence electrons. The molecule has 1 aromatic rings. The Balaban J connectivity index is 2.03. The minimum Gasteiger partial charge on any atom is -0.397 e. The highest BCUT2D eigenvalue weighted by Crippen LogP contribution is 2.29. The number of hydrogen-bond acceptors (Lipinski definition) is 3. The second-order valence-electron chi connectivity index (χ2n) is 5.68. The molecule has 0 amide bonds. The van der Waals surface area contributed by atoms with Crippen LogP contribution in [0.15, 0.2) is 12.1 Å². The normalized spacial score (nSPS) is 18.9. The van der Waals surface area contributed by atoms with Gasteiger partial charge in [0.05, 0.1) is 17.0 Å². The van der Waals surface area contributed by atoms with Crippen LogP contribution in [-0.4, -0.2) is 17.3 Å². The Morgan fingerprint density at radius 2 is 1.89 bits per heavy atom. The molecule has 0 atom stereocenters. The summed E-state index contributed by atoms with van der Waals surface area (Å²) in [6.45, 7) is 2.18. The van der Waals surface area contributed by atoms with E-state index in [1.807, 2.05) is 0 Å². The summed E-state index contributed by atoms with van der Waals surface area (Å²) in [5.74, 6) is -0.295. The van der Waals surface area contributed by atoms with E-state index in [1.165, 1.54) is 18.9 Å². The van der Waals surface area contributed by atoms with E-state index >= 15 is 0 Å². The second-order valence-corrected chi connectivity index (χ2v) is 5.68. The number of aliphatic hydroxyl groups is 1. The molecular weight excluding hydrogens is 243 g/mol. The van der Waals surface area contributed by atoms with E-state index in [0.717, 1.165) is 25.7 Å². The van der Waals surface area contributed by atoms with Gasteiger partial charge in [0.15, 0.2) is 0 Å². The predicted octanol–water partition coefficient (Wildman–Crippen LogP) is 3.21. The average Bonchev–Trinajstić information content (AvgIpc) is 2.58. The molecule has 19 heavy (non-hydrogen) atoms. The fourth-order valence-electron chi connectivity index (χ4n) is 2.67. The second kappa shape index (κ2) is 5.78. The highest BCUT2D eigenvalue weighted by atomic mass is 19.1. The van der Waals surface area contributed by atoms with Crippen molar-refractivity contribution in [2.24, 2.45) is 0 Å². The largest absolute Gasteiger partial charge is 0.397 e. The number of hydrogen-bond donors (Lipinski definition) is 3. The van der Waals surface area contributed by atoms with Gasteiger partial charge in [-0.2, -0.15) is 0 Å². The summed E-state index contributed by atoms with van der Waals surface area (Å²) in [4.78, 5) is 0. The van der Waals surface area contributed by atoms with Gasteiger partial charge in [-0.3, -0.25) is 0 Å². The van der Waals surface area contributed by atoms with E-state index in [9.17, 15) is 9.50 Å². The van der Waals surface area contributed by atoms with Crippen LogP contribution >= 0.6 is 0 Å². The molecule has 1 aromatic carbocycles. The summed E-state index contributed by atoms with van der Waals surface area (Å²) in [6, 6.07) is 3.03. The van der Waals surface area contributed by atoms with Crippen molar-refractivity contribution in [3.05, 3.63) is 23.5 Å². The molecule has 1 fully saturated rings. The zero-order valence-corrected chi connectivity index (χ0v) is 11.5. The highest BCUT2D eigenvalue weighted by Gasteiger charge is 2.27. The summed E-state index contributed by atoms with van der Waals surface area (Å²) in [5, 5.41) is 13.7. The minimum atomic E-state index is -0.661. The number of nitrogens with one attached hydrogen (secondary N) is 1. The first-order valence-corrected chi connectivity index (χ1v) is 7.02. The lowest BCUT2D eigenvalue weighted by Crippen LogP contribution is -2.36. The van der Waals surface area contributed by atoms with E-state index in [0.29, 0.717) is 23.5 Å². The number of benzene rings is 1. The van der Waals surface area contributed by atoms with Gasteiger partial charge in [-0.25, -0.2) is 4.39 Å². The lowest BCUT2D eigenvalue weighted by Gasteiger charge is -2.27. The van der Waals surface area contributed by atoms with Crippen molar-refractivity contribution in [2.75, 3.05) is 17.6 Å². The van der Waals surface area contributed by atoms with Crippen LogP contribution in [0.4, 0.5) is 15.8 Å². The lowest BCUT2D eigenvalue weighted by atomic mass is 9.94. The average molecular weight is 266 g/mol. The molecule has 1 saturated carbocycles. The van der Waals surface area contributed by atoms with Crippen LogP contribution < -0.4 is 11.1 Å². The van der Waals surface area contributed by atoms with Gasteiger partial charge >= 0.3 is 0 Å². The van der Waals surface area contributed by atoms with E-state index in [2.05, 4.69) is 5.32 Å². The van der Waals surface area contributed by atoms with Gasteiger partial charge in [0.25, 0.3) is 0 Å². The molecule has 0 saturated heterocycles. The van der Waals surface area contributed by atoms with Crippen molar-refractivity contribution in [1.82, 2.24) is 0 Å². The first kappa shape index (κ1) is 14.1. The van der Waals surface area contributed by atoms with E-state index in [1.54, 1.807) is 13.0 Å². The van der Waals surface area contributed by atoms with Crippen molar-refractivity contribution < 1.29 is 9.50 Å². The van der Waals surface area contributed by atoms with Crippen LogP contribution in [-0.2, 0) is 0 Å². The van der Waals surface area contributed by atoms with E-state index < -0.39 is 5.60 Å². The summed E-state index contributed by atoms with van der Waals surface area (Å²) in [5.41, 5.74) is 6.79. The molecule has 0 radical (unpaired) electrons. The number of nitrogen functional groups attached to an aromatic ring is 1. The molecule has 0 aliphatic heterocycles. The molecule has 3 nitrogen and oxygen atoms in total. The Morgan fingerprint density at radius 1 is 1.26 bits per heavy atom. The van der Waals surface area contributed by atoms with E-state index in [-0.39, 0.29) is 5.82 Å². The fourth-order valence-corrected chi connectivity index (χ4v) is 2.67. The Morgan fingerprint density at radius 3 is 2.53 bits per heavy atom. The van der Waals surface area contributed by atoms with Crippen LogP contribution in [0.2, 0.25) is 0 Å². The van der Waals surface area contributed by atoms with Crippen LogP contribution in [0.3, 0.4) is 0 Å². The number of anilines is 2.